The van der Waals surface area contributed by atoms with Crippen LogP contribution in [0.2, 0.25) is 0 Å². The van der Waals surface area contributed by atoms with E-state index >= 15 is 0 Å². The summed E-state index contributed by atoms with van der Waals surface area (Å²) in [5.41, 5.74) is 8.88. The zero-order valence-electron chi connectivity index (χ0n) is 19.5. The van der Waals surface area contributed by atoms with Gasteiger partial charge in [0.25, 0.3) is 0 Å². The molecule has 0 bridgehead atoms. The lowest BCUT2D eigenvalue weighted by Crippen LogP contribution is -2.34. The smallest absolute Gasteiger partial charge is 0.0992 e. The number of aromatic nitrogens is 3. The van der Waals surface area contributed by atoms with Crippen molar-refractivity contribution >= 4 is 11.3 Å². The van der Waals surface area contributed by atoms with Crippen LogP contribution in [0.5, 0.6) is 0 Å². The third-order valence-electron chi connectivity index (χ3n) is 6.89. The maximum absolute atomic E-state index is 9.32. The summed E-state index contributed by atoms with van der Waals surface area (Å²) >= 11 is 0. The summed E-state index contributed by atoms with van der Waals surface area (Å²) in [5.74, 6) is 0. The second kappa shape index (κ2) is 8.84. The van der Waals surface area contributed by atoms with Gasteiger partial charge in [0.05, 0.1) is 29.1 Å². The van der Waals surface area contributed by atoms with Gasteiger partial charge in [0.2, 0.25) is 0 Å². The fourth-order valence-electron chi connectivity index (χ4n) is 5.01. The van der Waals surface area contributed by atoms with Gasteiger partial charge in [0, 0.05) is 36.9 Å². The van der Waals surface area contributed by atoms with E-state index in [1.54, 1.807) is 0 Å². The maximum Gasteiger partial charge on any atom is 0.0992 e. The lowest BCUT2D eigenvalue weighted by molar-refractivity contribution is 0.245. The summed E-state index contributed by atoms with van der Waals surface area (Å²) in [6.45, 7) is 9.45. The highest BCUT2D eigenvalue weighted by atomic mass is 15.4. The number of aryl methyl sites for hydroxylation is 2. The first-order valence-electron chi connectivity index (χ1n) is 11.8. The highest BCUT2D eigenvalue weighted by Gasteiger charge is 2.26. The molecule has 0 saturated heterocycles. The predicted molar refractivity (Wildman–Crippen MR) is 132 cm³/mol. The molecule has 6 heteroatoms. The van der Waals surface area contributed by atoms with E-state index in [1.165, 1.54) is 22.3 Å². The average Bonchev–Trinajstić information content (AvgIpc) is 3.13. The topological polar surface area (TPSA) is 69.8 Å². The number of benzene rings is 2. The number of hydrogen-bond acceptors (Lipinski definition) is 5. The van der Waals surface area contributed by atoms with Crippen LogP contribution in [0.15, 0.2) is 48.5 Å². The Labute approximate surface area is 195 Å². The lowest BCUT2D eigenvalue weighted by Gasteiger charge is -2.30. The van der Waals surface area contributed by atoms with Crippen LogP contribution in [0, 0.1) is 18.3 Å². The molecule has 1 unspecified atom stereocenters. The standard InChI is InChI=1S/C27H30N6/c1-18(2)32-12-9-21(10-13-32)22-7-8-24-25(16-22)26(11-14-33-27(24)19(3)30-31-33)29-23-6-4-5-20(15-23)17-28/h4-9,15-16,18,26,29H,10-14H2,1-3H3. The van der Waals surface area contributed by atoms with Gasteiger partial charge in [-0.1, -0.05) is 29.5 Å². The van der Waals surface area contributed by atoms with Crippen LogP contribution >= 0.6 is 0 Å². The van der Waals surface area contributed by atoms with Gasteiger partial charge in [0.1, 0.15) is 0 Å². The van der Waals surface area contributed by atoms with Crippen molar-refractivity contribution < 1.29 is 0 Å². The Kier molecular flexibility index (Phi) is 5.74. The molecule has 3 heterocycles. The SMILES string of the molecule is Cc1nnn2c1-c1ccc(C3=CCN(C(C)C)CC3)cc1C(Nc1cccc(C#N)c1)CC2. The Bertz CT molecular complexity index is 1250. The van der Waals surface area contributed by atoms with E-state index in [2.05, 4.69) is 64.7 Å². The van der Waals surface area contributed by atoms with Crippen molar-refractivity contribution in [3.63, 3.8) is 0 Å². The highest BCUT2D eigenvalue weighted by Crippen LogP contribution is 2.39. The van der Waals surface area contributed by atoms with Crippen LogP contribution in [0.3, 0.4) is 0 Å². The molecule has 0 saturated carbocycles. The Morgan fingerprint density at radius 1 is 1.15 bits per heavy atom. The van der Waals surface area contributed by atoms with Crippen molar-refractivity contribution in [1.29, 1.82) is 5.26 Å². The van der Waals surface area contributed by atoms with Crippen LogP contribution in [0.4, 0.5) is 5.69 Å². The van der Waals surface area contributed by atoms with E-state index in [0.717, 1.165) is 49.6 Å². The van der Waals surface area contributed by atoms with E-state index in [4.69, 9.17) is 0 Å². The molecule has 0 radical (unpaired) electrons. The Morgan fingerprint density at radius 2 is 2.03 bits per heavy atom. The molecule has 168 valence electrons. The van der Waals surface area contributed by atoms with Crippen LogP contribution in [-0.2, 0) is 6.54 Å². The summed E-state index contributed by atoms with van der Waals surface area (Å²) in [7, 11) is 0. The summed E-state index contributed by atoms with van der Waals surface area (Å²) in [4.78, 5) is 2.51. The van der Waals surface area contributed by atoms with E-state index < -0.39 is 0 Å². The molecule has 2 aliphatic heterocycles. The Hall–Kier alpha value is -3.43. The molecule has 2 aliphatic rings. The van der Waals surface area contributed by atoms with Gasteiger partial charge in [-0.2, -0.15) is 5.26 Å². The minimum absolute atomic E-state index is 0.117. The number of hydrogen-bond donors (Lipinski definition) is 1. The van der Waals surface area contributed by atoms with Gasteiger partial charge >= 0.3 is 0 Å². The normalized spacial score (nSPS) is 18.2. The first kappa shape index (κ1) is 21.4. The van der Waals surface area contributed by atoms with Crippen molar-refractivity contribution in [1.82, 2.24) is 19.9 Å². The second-order valence-electron chi connectivity index (χ2n) is 9.29. The van der Waals surface area contributed by atoms with Crippen molar-refractivity contribution in [2.24, 2.45) is 0 Å². The molecule has 33 heavy (non-hydrogen) atoms. The molecule has 1 atom stereocenters. The van der Waals surface area contributed by atoms with Gasteiger partial charge < -0.3 is 5.32 Å². The average molecular weight is 439 g/mol. The predicted octanol–water partition coefficient (Wildman–Crippen LogP) is 5.18. The van der Waals surface area contributed by atoms with E-state index in [9.17, 15) is 5.26 Å². The van der Waals surface area contributed by atoms with E-state index in [1.807, 2.05) is 35.9 Å². The maximum atomic E-state index is 9.32. The van der Waals surface area contributed by atoms with E-state index in [0.29, 0.717) is 11.6 Å². The minimum Gasteiger partial charge on any atom is -0.378 e. The summed E-state index contributed by atoms with van der Waals surface area (Å²) in [6, 6.07) is 17.5. The van der Waals surface area contributed by atoms with Gasteiger partial charge in [0.15, 0.2) is 0 Å². The quantitative estimate of drug-likeness (QED) is 0.608. The van der Waals surface area contributed by atoms with Crippen molar-refractivity contribution in [2.75, 3.05) is 18.4 Å². The molecule has 0 spiro atoms. The zero-order valence-corrected chi connectivity index (χ0v) is 19.5. The molecular weight excluding hydrogens is 408 g/mol. The van der Waals surface area contributed by atoms with E-state index in [-0.39, 0.29) is 6.04 Å². The second-order valence-corrected chi connectivity index (χ2v) is 9.29. The molecule has 1 N–H and O–H groups in total. The summed E-state index contributed by atoms with van der Waals surface area (Å²) < 4.78 is 2.03. The summed E-state index contributed by atoms with van der Waals surface area (Å²) in [6.07, 6.45) is 4.35. The van der Waals surface area contributed by atoms with Crippen LogP contribution < -0.4 is 5.32 Å². The molecule has 0 fully saturated rings. The zero-order chi connectivity index (χ0) is 22.9. The Morgan fingerprint density at radius 3 is 2.79 bits per heavy atom. The molecule has 6 nitrogen and oxygen atoms in total. The van der Waals surface area contributed by atoms with Gasteiger partial charge in [-0.05, 0) is 74.6 Å². The molecule has 2 aromatic carbocycles. The van der Waals surface area contributed by atoms with Gasteiger partial charge in [-0.3, -0.25) is 4.90 Å². The number of anilines is 1. The number of rotatable bonds is 4. The fourth-order valence-corrected chi connectivity index (χ4v) is 5.01. The number of nitrogens with zero attached hydrogens (tertiary/aromatic N) is 5. The van der Waals surface area contributed by atoms with Crippen molar-refractivity contribution in [3.8, 4) is 17.3 Å². The van der Waals surface area contributed by atoms with Gasteiger partial charge in [-0.15, -0.1) is 5.10 Å². The van der Waals surface area contributed by atoms with Crippen molar-refractivity contribution in [2.45, 2.75) is 52.2 Å². The van der Waals surface area contributed by atoms with Crippen molar-refractivity contribution in [3.05, 3.63) is 70.9 Å². The molecule has 3 aromatic rings. The Balaban J connectivity index is 1.55. The first-order chi connectivity index (χ1) is 16.0. The van der Waals surface area contributed by atoms with Gasteiger partial charge in [-0.25, -0.2) is 4.68 Å². The number of nitriles is 1. The monoisotopic (exact) mass is 438 g/mol. The first-order valence-corrected chi connectivity index (χ1v) is 11.8. The lowest BCUT2D eigenvalue weighted by atomic mass is 9.90. The molecule has 0 amide bonds. The molecule has 0 aliphatic carbocycles. The largest absolute Gasteiger partial charge is 0.378 e. The minimum atomic E-state index is 0.117. The molecular formula is C27H30N6. The van der Waals surface area contributed by atoms with Crippen LogP contribution in [0.25, 0.3) is 16.8 Å². The third-order valence-corrected chi connectivity index (χ3v) is 6.89. The van der Waals surface area contributed by atoms with Crippen LogP contribution in [0.1, 0.15) is 55.1 Å². The highest BCUT2D eigenvalue weighted by molar-refractivity contribution is 5.75. The molecule has 5 rings (SSSR count). The number of nitrogens with one attached hydrogen (secondary N) is 1. The summed E-state index contributed by atoms with van der Waals surface area (Å²) in [5, 5.41) is 21.8. The number of fused-ring (bicyclic) bond motifs is 3. The fraction of sp³-hybridized carbons (Fsp3) is 0.370. The third kappa shape index (κ3) is 4.17. The van der Waals surface area contributed by atoms with Crippen LogP contribution in [-0.4, -0.2) is 39.0 Å². The molecule has 1 aromatic heterocycles.